The minimum Gasteiger partial charge on any atom is -0.788 e. The van der Waals surface area contributed by atoms with Crippen molar-refractivity contribution in [2.45, 2.75) is 166 Å². The summed E-state index contributed by atoms with van der Waals surface area (Å²) in [5.41, 5.74) is 8.35. The largest absolute Gasteiger partial charge is 4.00 e. The normalized spacial score (nSPS) is 11.4. The van der Waals surface area contributed by atoms with Crippen LogP contribution in [0.5, 0.6) is 0 Å². The molecule has 0 aliphatic carbocycles. The van der Waals surface area contributed by atoms with Crippen LogP contribution in [0.15, 0.2) is 97.1 Å². The van der Waals surface area contributed by atoms with Gasteiger partial charge in [0.25, 0.3) is 0 Å². The van der Waals surface area contributed by atoms with E-state index in [1.54, 1.807) is 208 Å². The van der Waals surface area contributed by atoms with E-state index in [-0.39, 0.29) is 84.4 Å². The van der Waals surface area contributed by atoms with Crippen LogP contribution in [0.4, 0.5) is 0 Å². The molecule has 0 spiro atoms. The Morgan fingerprint density at radius 2 is 0.238 bits per heavy atom. The SMILES string of the molecule is Cc1cc(C)c(C(=O)P(=O)([O-])C(=O)c2c(C)cc(C)cc2C)c(C)c1.Cc1cc(C)c(C(=O)P(=O)([O-])C(=O)c2c(C)cc(C)cc2C)c(C)c1.Cc1cc(C)c(C(=O)P(=O)([O-])C(=O)c2c(C)cc(C)cc2C)c(C)c1.Cc1cc(C)c(C(=O)P(=O)([O-])C(=O)c2c(C)cc(C)cc2C)c(C)c1.[Th+4]. The third-order valence-electron chi connectivity index (χ3n) is 17.3. The molecular formula is C80H88O16P4Th. The molecule has 101 heavy (non-hydrogen) atoms. The fourth-order valence-electron chi connectivity index (χ4n) is 13.7. The predicted molar refractivity (Wildman–Crippen MR) is 390 cm³/mol. The first-order chi connectivity index (χ1) is 45.8. The molecule has 8 rings (SSSR count). The van der Waals surface area contributed by atoms with Crippen molar-refractivity contribution in [3.63, 3.8) is 0 Å². The van der Waals surface area contributed by atoms with E-state index in [1.807, 2.05) is 55.4 Å². The number of hydrogen-bond acceptors (Lipinski definition) is 16. The van der Waals surface area contributed by atoms with Crippen LogP contribution in [0.3, 0.4) is 0 Å². The summed E-state index contributed by atoms with van der Waals surface area (Å²) >= 11 is 0. The maximum absolute atomic E-state index is 12.7. The Morgan fingerprint density at radius 3 is 0.297 bits per heavy atom. The average Bonchev–Trinajstić information content (AvgIpc) is 0.787. The van der Waals surface area contributed by atoms with Gasteiger partial charge in [-0.1, -0.05) is 142 Å². The first kappa shape index (κ1) is 86.6. The number of rotatable bonds is 16. The van der Waals surface area contributed by atoms with Crippen molar-refractivity contribution in [1.82, 2.24) is 0 Å². The molecule has 21 heteroatoms. The molecule has 0 aliphatic rings. The molecule has 8 aromatic rings. The van der Waals surface area contributed by atoms with Crippen molar-refractivity contribution in [2.24, 2.45) is 0 Å². The fraction of sp³-hybridized carbons (Fsp3) is 0.300. The van der Waals surface area contributed by atoms with E-state index < -0.39 is 73.7 Å². The summed E-state index contributed by atoms with van der Waals surface area (Å²) in [6.07, 6.45) is 0. The molecule has 0 saturated carbocycles. The molecule has 0 bridgehead atoms. The zero-order chi connectivity index (χ0) is 76.4. The molecule has 0 saturated heterocycles. The Kier molecular flexibility index (Phi) is 29.0. The van der Waals surface area contributed by atoms with Crippen LogP contribution in [0.1, 0.15) is 216 Å². The number of hydrogen-bond donors (Lipinski definition) is 0. The van der Waals surface area contributed by atoms with E-state index in [0.29, 0.717) is 89.0 Å². The van der Waals surface area contributed by atoms with Gasteiger partial charge in [-0.15, -0.1) is 0 Å². The maximum atomic E-state index is 12.7. The maximum Gasteiger partial charge on any atom is 4.00 e. The molecule has 0 aliphatic heterocycles. The van der Waals surface area contributed by atoms with Crippen molar-refractivity contribution in [3.05, 3.63) is 275 Å². The summed E-state index contributed by atoms with van der Waals surface area (Å²) in [5, 5.41) is 0. The molecule has 0 atom stereocenters. The zero-order valence-corrected chi connectivity index (χ0v) is 69.7. The third-order valence-corrected chi connectivity index (χ3v) is 23.3. The Morgan fingerprint density at radius 1 is 0.178 bits per heavy atom. The van der Waals surface area contributed by atoms with Gasteiger partial charge in [0, 0.05) is 44.5 Å². The molecule has 0 N–H and O–H groups in total. The van der Waals surface area contributed by atoms with E-state index in [9.17, 15) is 76.2 Å². The summed E-state index contributed by atoms with van der Waals surface area (Å²) in [5.74, 6) is 0. The summed E-state index contributed by atoms with van der Waals surface area (Å²) < 4.78 is 51.0. The van der Waals surface area contributed by atoms with E-state index in [1.165, 1.54) is 0 Å². The Bertz CT molecular complexity index is 3910. The van der Waals surface area contributed by atoms with Crippen LogP contribution >= 0.6 is 29.5 Å². The van der Waals surface area contributed by atoms with Gasteiger partial charge in [-0.05, 0) is 255 Å². The molecule has 0 aromatic heterocycles. The Hall–Kier alpha value is -6.80. The summed E-state index contributed by atoms with van der Waals surface area (Å²) in [7, 11) is -19.9. The van der Waals surface area contributed by atoms with Crippen molar-refractivity contribution >= 4 is 73.7 Å². The standard InChI is InChI=1S/4C20H23O4P.Th/c4*1-11-7-13(3)17(14(4)8-11)19(21)25(23,24)20(22)18-15(5)9-12(2)10-16(18)6;/h4*7-10H,1-6H3,(H,23,24);/q;;;;+4/p-4. The fourth-order valence-corrected chi connectivity index (χ4v) is 19.6. The van der Waals surface area contributed by atoms with Gasteiger partial charge in [0.1, 0.15) is 0 Å². The molecule has 528 valence electrons. The van der Waals surface area contributed by atoms with Gasteiger partial charge >= 0.3 is 39.9 Å². The summed E-state index contributed by atoms with van der Waals surface area (Å²) in [6, 6.07) is 27.9. The van der Waals surface area contributed by atoms with Crippen LogP contribution < -0.4 is 19.6 Å². The van der Waals surface area contributed by atoms with Gasteiger partial charge in [-0.3, -0.25) is 38.4 Å². The van der Waals surface area contributed by atoms with Gasteiger partial charge in [0.05, 0.1) is 0 Å². The monoisotopic (exact) mass is 1660 g/mol. The topological polar surface area (TPSA) is 297 Å². The molecule has 0 fully saturated rings. The van der Waals surface area contributed by atoms with Crippen molar-refractivity contribution in [3.8, 4) is 0 Å². The van der Waals surface area contributed by atoms with Crippen LogP contribution in [0.25, 0.3) is 0 Å². The van der Waals surface area contributed by atoms with Gasteiger partial charge in [0.15, 0.2) is 29.5 Å². The quantitative estimate of drug-likeness (QED) is 0.0812. The average molecular weight is 1660 g/mol. The second kappa shape index (κ2) is 33.8. The minimum absolute atomic E-state index is 0. The molecular weight excluding hydrogens is 1570 g/mol. The number of carbonyl (C=O) groups is 8. The van der Waals surface area contributed by atoms with Gasteiger partial charge in [-0.2, -0.15) is 0 Å². The van der Waals surface area contributed by atoms with Crippen LogP contribution in [-0.2, 0) is 18.3 Å². The minimum atomic E-state index is -4.98. The van der Waals surface area contributed by atoms with E-state index >= 15 is 0 Å². The molecule has 0 heterocycles. The number of aryl methyl sites for hydroxylation is 24. The first-order valence-corrected chi connectivity index (χ1v) is 38.6. The second-order valence-corrected chi connectivity index (χ2v) is 34.5. The van der Waals surface area contributed by atoms with Crippen molar-refractivity contribution < 1.29 is 116 Å². The van der Waals surface area contributed by atoms with Crippen LogP contribution in [0.2, 0.25) is 0 Å². The van der Waals surface area contributed by atoms with E-state index in [4.69, 9.17) is 0 Å². The predicted octanol–water partition coefficient (Wildman–Crippen LogP) is 16.6. The molecule has 8 aromatic carbocycles. The Balaban J connectivity index is 0.000000285. The molecule has 0 amide bonds. The molecule has 16 nitrogen and oxygen atoms in total. The van der Waals surface area contributed by atoms with Gasteiger partial charge < -0.3 is 37.8 Å². The Labute approximate surface area is 626 Å². The van der Waals surface area contributed by atoms with Gasteiger partial charge in [-0.25, -0.2) is 0 Å². The van der Waals surface area contributed by atoms with E-state index in [2.05, 4.69) is 0 Å². The molecule has 0 unspecified atom stereocenters. The second-order valence-electron chi connectivity index (χ2n) is 26.8. The van der Waals surface area contributed by atoms with Crippen molar-refractivity contribution in [1.29, 1.82) is 0 Å². The smallest absolute Gasteiger partial charge is 0.788 e. The number of benzene rings is 8. The molecule has 0 radical (unpaired) electrons. The van der Waals surface area contributed by atoms with Crippen LogP contribution in [0, 0.1) is 206 Å². The third kappa shape index (κ3) is 19.2. The van der Waals surface area contributed by atoms with Crippen LogP contribution in [-0.4, -0.2) is 44.2 Å². The first-order valence-electron chi connectivity index (χ1n) is 32.1. The van der Waals surface area contributed by atoms with Gasteiger partial charge in [0.2, 0.25) is 44.2 Å². The van der Waals surface area contributed by atoms with Crippen molar-refractivity contribution in [2.75, 3.05) is 0 Å². The van der Waals surface area contributed by atoms with E-state index in [0.717, 1.165) is 44.5 Å². The number of carbonyl (C=O) groups excluding carboxylic acids is 8. The summed E-state index contributed by atoms with van der Waals surface area (Å²) in [6.45, 7) is 41.9. The summed E-state index contributed by atoms with van der Waals surface area (Å²) in [4.78, 5) is 153. The zero-order valence-electron chi connectivity index (χ0n) is 62.1.